The fourth-order valence-electron chi connectivity index (χ4n) is 4.18. The second-order valence-corrected chi connectivity index (χ2v) is 8.37. The Labute approximate surface area is 186 Å². The quantitative estimate of drug-likeness (QED) is 0.656. The van der Waals surface area contributed by atoms with Crippen molar-refractivity contribution in [1.29, 1.82) is 5.26 Å². The summed E-state index contributed by atoms with van der Waals surface area (Å²) in [6, 6.07) is 13.9. The third kappa shape index (κ3) is 3.61. The highest BCUT2D eigenvalue weighted by molar-refractivity contribution is 5.80. The Morgan fingerprint density at radius 1 is 1.25 bits per heavy atom. The van der Waals surface area contributed by atoms with Crippen LogP contribution in [0.15, 0.2) is 42.5 Å². The summed E-state index contributed by atoms with van der Waals surface area (Å²) in [5.74, 6) is 0.969. The summed E-state index contributed by atoms with van der Waals surface area (Å²) >= 11 is 0. The predicted octanol–water partition coefficient (Wildman–Crippen LogP) is 3.65. The summed E-state index contributed by atoms with van der Waals surface area (Å²) in [6.07, 6.45) is 0. The van der Waals surface area contributed by atoms with Crippen molar-refractivity contribution in [3.05, 3.63) is 65.2 Å². The molecule has 8 heteroatoms. The number of nitriles is 1. The van der Waals surface area contributed by atoms with Crippen LogP contribution in [0.1, 0.15) is 30.8 Å². The van der Waals surface area contributed by atoms with E-state index in [-0.39, 0.29) is 18.3 Å². The molecule has 4 rings (SSSR count). The fourth-order valence-corrected chi connectivity index (χ4v) is 4.18. The molecule has 2 aromatic carbocycles. The first-order chi connectivity index (χ1) is 15.3. The maximum absolute atomic E-state index is 13.6. The van der Waals surface area contributed by atoms with Gasteiger partial charge in [0.1, 0.15) is 23.2 Å². The zero-order valence-electron chi connectivity index (χ0n) is 18.3. The van der Waals surface area contributed by atoms with Crippen LogP contribution in [-0.2, 0) is 16.9 Å². The molecule has 0 fully saturated rings. The monoisotopic (exact) mass is 432 g/mol. The van der Waals surface area contributed by atoms with Crippen LogP contribution < -0.4 is 11.1 Å². The lowest BCUT2D eigenvalue weighted by Gasteiger charge is -2.42. The first-order valence-electron chi connectivity index (χ1n) is 10.4. The Kier molecular flexibility index (Phi) is 5.45. The standard InChI is InChI=1S/C24H25FN6O/c1-15-4-9-19(12-17(15)13-26)28-22-21(16-5-7-18(25)8-6-16)29-23-24(2,3)31(20(32)14-27)11-10-30(22)23/h4-9,12,28H,10-11,14,27H2,1-3H3. The molecular weight excluding hydrogens is 407 g/mol. The molecule has 0 radical (unpaired) electrons. The molecule has 3 aromatic rings. The zero-order chi connectivity index (χ0) is 23.0. The summed E-state index contributed by atoms with van der Waals surface area (Å²) in [7, 11) is 0. The molecule has 164 valence electrons. The Bertz CT molecular complexity index is 1220. The smallest absolute Gasteiger partial charge is 0.237 e. The number of aromatic nitrogens is 2. The molecule has 0 saturated carbocycles. The lowest BCUT2D eigenvalue weighted by atomic mass is 9.99. The van der Waals surface area contributed by atoms with Gasteiger partial charge in [-0.1, -0.05) is 6.07 Å². The summed E-state index contributed by atoms with van der Waals surface area (Å²) in [5, 5.41) is 12.8. The molecular formula is C24H25FN6O. The summed E-state index contributed by atoms with van der Waals surface area (Å²) in [4.78, 5) is 19.1. The van der Waals surface area contributed by atoms with Crippen LogP contribution in [0, 0.1) is 24.1 Å². The second-order valence-electron chi connectivity index (χ2n) is 8.37. The predicted molar refractivity (Wildman–Crippen MR) is 121 cm³/mol. The number of carbonyl (C=O) groups is 1. The number of fused-ring (bicyclic) bond motifs is 1. The molecule has 32 heavy (non-hydrogen) atoms. The number of benzene rings is 2. The molecule has 0 saturated heterocycles. The molecule has 1 aliphatic heterocycles. The summed E-state index contributed by atoms with van der Waals surface area (Å²) in [6.45, 7) is 6.71. The molecule has 0 atom stereocenters. The van der Waals surface area contributed by atoms with Gasteiger partial charge in [0, 0.05) is 24.3 Å². The van der Waals surface area contributed by atoms with Crippen molar-refractivity contribution in [1.82, 2.24) is 14.5 Å². The Hall–Kier alpha value is -3.70. The maximum atomic E-state index is 13.6. The highest BCUT2D eigenvalue weighted by Crippen LogP contribution is 2.39. The van der Waals surface area contributed by atoms with Gasteiger partial charge in [0.05, 0.1) is 23.7 Å². The van der Waals surface area contributed by atoms with Gasteiger partial charge in [0.25, 0.3) is 0 Å². The lowest BCUT2D eigenvalue weighted by Crippen LogP contribution is -2.53. The molecule has 2 heterocycles. The third-order valence-corrected chi connectivity index (χ3v) is 5.95. The first kappa shape index (κ1) is 21.5. The Morgan fingerprint density at radius 2 is 1.97 bits per heavy atom. The van der Waals surface area contributed by atoms with E-state index in [0.29, 0.717) is 30.2 Å². The van der Waals surface area contributed by atoms with E-state index in [9.17, 15) is 14.4 Å². The molecule has 7 nitrogen and oxygen atoms in total. The van der Waals surface area contributed by atoms with Crippen LogP contribution in [0.3, 0.4) is 0 Å². The van der Waals surface area contributed by atoms with Gasteiger partial charge in [-0.2, -0.15) is 5.26 Å². The number of anilines is 2. The minimum Gasteiger partial charge on any atom is -0.340 e. The van der Waals surface area contributed by atoms with Crippen LogP contribution in [0.5, 0.6) is 0 Å². The molecule has 0 spiro atoms. The van der Waals surface area contributed by atoms with E-state index in [2.05, 4.69) is 11.4 Å². The number of hydrogen-bond acceptors (Lipinski definition) is 5. The van der Waals surface area contributed by atoms with Crippen LogP contribution in [0.25, 0.3) is 11.3 Å². The second kappa shape index (κ2) is 8.09. The average molecular weight is 433 g/mol. The van der Waals surface area contributed by atoms with Crippen molar-refractivity contribution in [2.24, 2.45) is 5.73 Å². The molecule has 0 aliphatic carbocycles. The maximum Gasteiger partial charge on any atom is 0.237 e. The number of carbonyl (C=O) groups excluding carboxylic acids is 1. The number of nitrogens with zero attached hydrogens (tertiary/aromatic N) is 4. The number of rotatable bonds is 4. The van der Waals surface area contributed by atoms with E-state index in [1.807, 2.05) is 37.5 Å². The molecule has 1 aromatic heterocycles. The van der Waals surface area contributed by atoms with E-state index in [1.165, 1.54) is 12.1 Å². The number of amides is 1. The number of aryl methyl sites for hydroxylation is 1. The Morgan fingerprint density at radius 3 is 2.62 bits per heavy atom. The normalized spacial score (nSPS) is 14.6. The molecule has 3 N–H and O–H groups in total. The number of halogens is 1. The van der Waals surface area contributed by atoms with Crippen molar-refractivity contribution in [2.45, 2.75) is 32.9 Å². The van der Waals surface area contributed by atoms with Gasteiger partial charge >= 0.3 is 0 Å². The average Bonchev–Trinajstić information content (AvgIpc) is 3.14. The van der Waals surface area contributed by atoms with Crippen molar-refractivity contribution in [3.8, 4) is 17.3 Å². The first-order valence-corrected chi connectivity index (χ1v) is 10.4. The summed E-state index contributed by atoms with van der Waals surface area (Å²) < 4.78 is 15.6. The van der Waals surface area contributed by atoms with E-state index in [1.54, 1.807) is 23.1 Å². The van der Waals surface area contributed by atoms with Gasteiger partial charge < -0.3 is 20.5 Å². The molecule has 1 amide bonds. The van der Waals surface area contributed by atoms with Crippen molar-refractivity contribution < 1.29 is 9.18 Å². The topological polar surface area (TPSA) is 100.0 Å². The third-order valence-electron chi connectivity index (χ3n) is 5.95. The van der Waals surface area contributed by atoms with Crippen LogP contribution in [-0.4, -0.2) is 33.4 Å². The SMILES string of the molecule is Cc1ccc(Nc2c(-c3ccc(F)cc3)nc3n2CCN(C(=O)CN)C3(C)C)cc1C#N. The van der Waals surface area contributed by atoms with Gasteiger partial charge in [-0.3, -0.25) is 4.79 Å². The van der Waals surface area contributed by atoms with E-state index >= 15 is 0 Å². The lowest BCUT2D eigenvalue weighted by molar-refractivity contribution is -0.137. The van der Waals surface area contributed by atoms with Crippen LogP contribution in [0.2, 0.25) is 0 Å². The van der Waals surface area contributed by atoms with Gasteiger partial charge in [-0.15, -0.1) is 0 Å². The number of nitrogens with one attached hydrogen (secondary N) is 1. The fraction of sp³-hybridized carbons (Fsp3) is 0.292. The van der Waals surface area contributed by atoms with E-state index < -0.39 is 5.54 Å². The molecule has 0 unspecified atom stereocenters. The van der Waals surface area contributed by atoms with Gasteiger partial charge in [0.15, 0.2) is 0 Å². The minimum absolute atomic E-state index is 0.0691. The zero-order valence-corrected chi connectivity index (χ0v) is 18.3. The van der Waals surface area contributed by atoms with Gasteiger partial charge in [-0.25, -0.2) is 9.37 Å². The highest BCUT2D eigenvalue weighted by Gasteiger charge is 2.41. The van der Waals surface area contributed by atoms with Crippen molar-refractivity contribution in [2.75, 3.05) is 18.4 Å². The highest BCUT2D eigenvalue weighted by atomic mass is 19.1. The van der Waals surface area contributed by atoms with Gasteiger partial charge in [-0.05, 0) is 62.7 Å². The van der Waals surface area contributed by atoms with Crippen molar-refractivity contribution in [3.63, 3.8) is 0 Å². The van der Waals surface area contributed by atoms with E-state index in [4.69, 9.17) is 10.7 Å². The van der Waals surface area contributed by atoms with E-state index in [0.717, 1.165) is 22.6 Å². The number of imidazole rings is 1. The van der Waals surface area contributed by atoms with Crippen molar-refractivity contribution >= 4 is 17.4 Å². The van der Waals surface area contributed by atoms with Crippen LogP contribution in [0.4, 0.5) is 15.9 Å². The Balaban J connectivity index is 1.87. The van der Waals surface area contributed by atoms with Crippen LogP contribution >= 0.6 is 0 Å². The molecule has 0 bridgehead atoms. The van der Waals surface area contributed by atoms with Gasteiger partial charge in [0.2, 0.25) is 5.91 Å². The molecule has 1 aliphatic rings. The minimum atomic E-state index is -0.686. The number of nitrogens with two attached hydrogens (primary N) is 1. The summed E-state index contributed by atoms with van der Waals surface area (Å²) in [5.41, 5.74) is 8.56. The largest absolute Gasteiger partial charge is 0.340 e. The number of hydrogen-bond donors (Lipinski definition) is 2.